The minimum Gasteiger partial charge on any atom is -0.0683 e. The Bertz CT molecular complexity index is 563. The molecule has 0 bridgehead atoms. The van der Waals surface area contributed by atoms with Crippen LogP contribution in [-0.2, 0) is 0 Å². The Hall–Kier alpha value is -1.56. The Morgan fingerprint density at radius 2 is 0.769 bits per heavy atom. The van der Waals surface area contributed by atoms with Gasteiger partial charge in [-0.15, -0.1) is 0 Å². The molecule has 0 aliphatic heterocycles. The van der Waals surface area contributed by atoms with Gasteiger partial charge in [0.2, 0.25) is 0 Å². The summed E-state index contributed by atoms with van der Waals surface area (Å²) in [5.74, 6) is 1.61. The van der Waals surface area contributed by atoms with Crippen LogP contribution < -0.4 is 0 Å². The van der Waals surface area contributed by atoms with Gasteiger partial charge in [-0.3, -0.25) is 0 Å². The van der Waals surface area contributed by atoms with Crippen molar-refractivity contribution in [3.8, 4) is 11.1 Å². The summed E-state index contributed by atoms with van der Waals surface area (Å²) in [6.07, 6.45) is 14.0. The maximum atomic E-state index is 2.38. The molecule has 0 amide bonds. The normalized spacial score (nSPS) is 18.8. The Morgan fingerprint density at radius 1 is 0.462 bits per heavy atom. The smallest absolute Gasteiger partial charge is 0.0162 e. The standard InChI is InChI=1S/C24H30.C2H6/c1-3-7-19(8-4-1)21-11-15-23(16-12-21)24-17-13-22(14-18-24)20-9-5-2-6-10-20;1-2/h11-20H,1-10H2;1-2H3. The van der Waals surface area contributed by atoms with Gasteiger partial charge in [-0.1, -0.05) is 101 Å². The molecule has 0 radical (unpaired) electrons. The highest BCUT2D eigenvalue weighted by molar-refractivity contribution is 5.64. The van der Waals surface area contributed by atoms with E-state index in [4.69, 9.17) is 0 Å². The van der Waals surface area contributed by atoms with Gasteiger partial charge in [0.15, 0.2) is 0 Å². The van der Waals surface area contributed by atoms with Crippen LogP contribution in [0.25, 0.3) is 11.1 Å². The van der Waals surface area contributed by atoms with Crippen molar-refractivity contribution in [2.45, 2.75) is 89.9 Å². The van der Waals surface area contributed by atoms with Crippen LogP contribution in [0.4, 0.5) is 0 Å². The summed E-state index contributed by atoms with van der Waals surface area (Å²) >= 11 is 0. The third-order valence-corrected chi connectivity index (χ3v) is 6.31. The highest BCUT2D eigenvalue weighted by Gasteiger charge is 2.16. The zero-order chi connectivity index (χ0) is 18.2. The SMILES string of the molecule is CC.c1cc(C2CCCCC2)ccc1-c1ccc(C2CCCCC2)cc1. The summed E-state index contributed by atoms with van der Waals surface area (Å²) in [6, 6.07) is 18.8. The molecule has 2 aromatic carbocycles. The molecule has 0 unspecified atom stereocenters. The topological polar surface area (TPSA) is 0 Å². The molecule has 0 heterocycles. The predicted molar refractivity (Wildman–Crippen MR) is 115 cm³/mol. The van der Waals surface area contributed by atoms with E-state index in [1.807, 2.05) is 13.8 Å². The quantitative estimate of drug-likeness (QED) is 0.521. The molecule has 2 aliphatic carbocycles. The Balaban J connectivity index is 0.000000948. The molecule has 0 heteroatoms. The first-order valence-electron chi connectivity index (χ1n) is 11.1. The van der Waals surface area contributed by atoms with Crippen LogP contribution in [-0.4, -0.2) is 0 Å². The molecule has 0 saturated heterocycles. The molecule has 140 valence electrons. The maximum Gasteiger partial charge on any atom is -0.0162 e. The van der Waals surface area contributed by atoms with Crippen LogP contribution in [0.2, 0.25) is 0 Å². The second-order valence-electron chi connectivity index (χ2n) is 7.91. The molecule has 2 saturated carbocycles. The average Bonchev–Trinajstić information content (AvgIpc) is 2.77. The van der Waals surface area contributed by atoms with Crippen molar-refractivity contribution in [2.75, 3.05) is 0 Å². The van der Waals surface area contributed by atoms with Crippen LogP contribution in [0.15, 0.2) is 48.5 Å². The van der Waals surface area contributed by atoms with E-state index in [2.05, 4.69) is 48.5 Å². The van der Waals surface area contributed by atoms with Gasteiger partial charge in [0, 0.05) is 0 Å². The Labute approximate surface area is 161 Å². The molecular weight excluding hydrogens is 312 g/mol. The van der Waals surface area contributed by atoms with Gasteiger partial charge in [-0.25, -0.2) is 0 Å². The fourth-order valence-electron chi connectivity index (χ4n) is 4.77. The van der Waals surface area contributed by atoms with Crippen molar-refractivity contribution >= 4 is 0 Å². The van der Waals surface area contributed by atoms with Crippen LogP contribution >= 0.6 is 0 Å². The molecule has 0 spiro atoms. The lowest BCUT2D eigenvalue weighted by molar-refractivity contribution is 0.443. The predicted octanol–water partition coefficient (Wildman–Crippen LogP) is 8.48. The zero-order valence-electron chi connectivity index (χ0n) is 16.8. The summed E-state index contributed by atoms with van der Waals surface area (Å²) in [7, 11) is 0. The number of rotatable bonds is 3. The van der Waals surface area contributed by atoms with Gasteiger partial charge in [0.25, 0.3) is 0 Å². The van der Waals surface area contributed by atoms with Gasteiger partial charge in [0.1, 0.15) is 0 Å². The first kappa shape index (κ1) is 19.2. The van der Waals surface area contributed by atoms with Gasteiger partial charge in [-0.2, -0.15) is 0 Å². The first-order chi connectivity index (χ1) is 12.9. The van der Waals surface area contributed by atoms with Gasteiger partial charge >= 0.3 is 0 Å². The summed E-state index contributed by atoms with van der Waals surface area (Å²) in [5, 5.41) is 0. The van der Waals surface area contributed by atoms with E-state index in [0.717, 1.165) is 11.8 Å². The summed E-state index contributed by atoms with van der Waals surface area (Å²) in [6.45, 7) is 4.00. The molecule has 26 heavy (non-hydrogen) atoms. The molecule has 2 fully saturated rings. The van der Waals surface area contributed by atoms with Crippen molar-refractivity contribution in [1.29, 1.82) is 0 Å². The summed E-state index contributed by atoms with van der Waals surface area (Å²) < 4.78 is 0. The third-order valence-electron chi connectivity index (χ3n) is 6.31. The average molecular weight is 349 g/mol. The highest BCUT2D eigenvalue weighted by Crippen LogP contribution is 2.35. The lowest BCUT2D eigenvalue weighted by atomic mass is 9.83. The molecule has 0 aromatic heterocycles. The third kappa shape index (κ3) is 4.78. The van der Waals surface area contributed by atoms with Gasteiger partial charge in [-0.05, 0) is 59.8 Å². The summed E-state index contributed by atoms with van der Waals surface area (Å²) in [5.41, 5.74) is 5.84. The zero-order valence-corrected chi connectivity index (χ0v) is 16.8. The van der Waals surface area contributed by atoms with Crippen LogP contribution in [0.5, 0.6) is 0 Å². The molecule has 0 atom stereocenters. The number of benzene rings is 2. The molecule has 0 N–H and O–H groups in total. The molecule has 4 rings (SSSR count). The fraction of sp³-hybridized carbons (Fsp3) is 0.538. The van der Waals surface area contributed by atoms with Crippen LogP contribution in [0.1, 0.15) is 101 Å². The van der Waals surface area contributed by atoms with Crippen molar-refractivity contribution in [1.82, 2.24) is 0 Å². The van der Waals surface area contributed by atoms with E-state index in [1.54, 1.807) is 11.1 Å². The number of hydrogen-bond acceptors (Lipinski definition) is 0. The van der Waals surface area contributed by atoms with E-state index in [1.165, 1.54) is 75.3 Å². The van der Waals surface area contributed by atoms with Crippen molar-refractivity contribution in [3.63, 3.8) is 0 Å². The minimum absolute atomic E-state index is 0.807. The van der Waals surface area contributed by atoms with Gasteiger partial charge in [0.05, 0.1) is 0 Å². The van der Waals surface area contributed by atoms with E-state index >= 15 is 0 Å². The van der Waals surface area contributed by atoms with Crippen molar-refractivity contribution in [3.05, 3.63) is 59.7 Å². The first-order valence-corrected chi connectivity index (χ1v) is 11.1. The largest absolute Gasteiger partial charge is 0.0683 e. The highest BCUT2D eigenvalue weighted by atomic mass is 14.2. The van der Waals surface area contributed by atoms with Crippen LogP contribution in [0.3, 0.4) is 0 Å². The molecule has 2 aliphatic rings. The van der Waals surface area contributed by atoms with E-state index in [0.29, 0.717) is 0 Å². The monoisotopic (exact) mass is 348 g/mol. The van der Waals surface area contributed by atoms with E-state index in [-0.39, 0.29) is 0 Å². The number of hydrogen-bond donors (Lipinski definition) is 0. The van der Waals surface area contributed by atoms with Crippen LogP contribution in [0, 0.1) is 0 Å². The van der Waals surface area contributed by atoms with E-state index < -0.39 is 0 Å². The van der Waals surface area contributed by atoms with Crippen molar-refractivity contribution < 1.29 is 0 Å². The maximum absolute atomic E-state index is 2.38. The molecular formula is C26H36. The van der Waals surface area contributed by atoms with Gasteiger partial charge < -0.3 is 0 Å². The lowest BCUT2D eigenvalue weighted by Crippen LogP contribution is -2.04. The van der Waals surface area contributed by atoms with Crippen molar-refractivity contribution in [2.24, 2.45) is 0 Å². The molecule has 2 aromatic rings. The summed E-state index contributed by atoms with van der Waals surface area (Å²) in [4.78, 5) is 0. The Morgan fingerprint density at radius 3 is 1.08 bits per heavy atom. The second-order valence-corrected chi connectivity index (χ2v) is 7.91. The van der Waals surface area contributed by atoms with E-state index in [9.17, 15) is 0 Å². The Kier molecular flexibility index (Phi) is 7.35. The minimum atomic E-state index is 0.807. The lowest BCUT2D eigenvalue weighted by Gasteiger charge is -2.22. The fourth-order valence-corrected chi connectivity index (χ4v) is 4.77. The molecule has 0 nitrogen and oxygen atoms in total. The second kappa shape index (κ2) is 9.95.